The number of carbonyl (C=O) groups excluding carboxylic acids is 1. The molecule has 182 valence electrons. The maximum Gasteiger partial charge on any atom is 0.229 e. The van der Waals surface area contributed by atoms with Gasteiger partial charge in [-0.15, -0.1) is 0 Å². The molecule has 1 amide bonds. The molecule has 0 aliphatic heterocycles. The molecule has 3 aromatic carbocycles. The van der Waals surface area contributed by atoms with Gasteiger partial charge in [0, 0.05) is 11.4 Å². The minimum atomic E-state index is -3.51. The van der Waals surface area contributed by atoms with Crippen molar-refractivity contribution in [3.63, 3.8) is 0 Å². The maximum absolute atomic E-state index is 13.3. The lowest BCUT2D eigenvalue weighted by atomic mass is 10.2. The number of fused-ring (bicyclic) bond motifs is 1. The van der Waals surface area contributed by atoms with Crippen molar-refractivity contribution < 1.29 is 17.9 Å². The molecule has 6 nitrogen and oxygen atoms in total. The molecule has 0 fully saturated rings. The van der Waals surface area contributed by atoms with E-state index in [0.29, 0.717) is 23.3 Å². The van der Waals surface area contributed by atoms with E-state index in [0.717, 1.165) is 21.5 Å². The van der Waals surface area contributed by atoms with Gasteiger partial charge < -0.3 is 4.74 Å². The van der Waals surface area contributed by atoms with Gasteiger partial charge >= 0.3 is 0 Å². The summed E-state index contributed by atoms with van der Waals surface area (Å²) in [5.41, 5.74) is 1.74. The molecule has 0 aliphatic rings. The first kappa shape index (κ1) is 25.2. The number of amides is 1. The van der Waals surface area contributed by atoms with Crippen LogP contribution in [0.2, 0.25) is 5.02 Å². The second kappa shape index (κ2) is 11.2. The number of sulfone groups is 1. The van der Waals surface area contributed by atoms with Gasteiger partial charge in [-0.3, -0.25) is 9.69 Å². The third-order valence-corrected chi connectivity index (χ3v) is 8.46. The van der Waals surface area contributed by atoms with E-state index in [1.165, 1.54) is 23.5 Å². The van der Waals surface area contributed by atoms with Crippen molar-refractivity contribution >= 4 is 54.0 Å². The highest BCUT2D eigenvalue weighted by atomic mass is 35.5. The molecule has 35 heavy (non-hydrogen) atoms. The molecule has 0 spiro atoms. The van der Waals surface area contributed by atoms with Crippen LogP contribution in [0.15, 0.2) is 77.7 Å². The Balaban J connectivity index is 1.53. The predicted molar refractivity (Wildman–Crippen MR) is 141 cm³/mol. The number of thiazole rings is 1. The first-order valence-corrected chi connectivity index (χ1v) is 14.1. The summed E-state index contributed by atoms with van der Waals surface area (Å²) in [4.78, 5) is 19.8. The number of hydrogen-bond acceptors (Lipinski definition) is 6. The van der Waals surface area contributed by atoms with Crippen LogP contribution in [0.3, 0.4) is 0 Å². The average molecular weight is 529 g/mol. The summed E-state index contributed by atoms with van der Waals surface area (Å²) in [6.45, 7) is 2.84. The summed E-state index contributed by atoms with van der Waals surface area (Å²) >= 11 is 7.28. The zero-order chi connectivity index (χ0) is 24.8. The van der Waals surface area contributed by atoms with Gasteiger partial charge in [-0.2, -0.15) is 0 Å². The molecule has 0 N–H and O–H groups in total. The first-order valence-electron chi connectivity index (χ1n) is 11.2. The molecule has 4 rings (SSSR count). The number of rotatable bonds is 10. The van der Waals surface area contributed by atoms with Crippen molar-refractivity contribution in [3.05, 3.63) is 83.4 Å². The van der Waals surface area contributed by atoms with Crippen LogP contribution in [0.5, 0.6) is 5.75 Å². The Kier molecular flexibility index (Phi) is 8.05. The summed E-state index contributed by atoms with van der Waals surface area (Å²) in [6.07, 6.45) is 0.286. The summed E-state index contributed by atoms with van der Waals surface area (Å²) in [5.74, 6) is 0.449. The van der Waals surface area contributed by atoms with Gasteiger partial charge in [-0.1, -0.05) is 53.3 Å². The fraction of sp³-hybridized carbons (Fsp3) is 0.231. The predicted octanol–water partition coefficient (Wildman–Crippen LogP) is 6.14. The largest absolute Gasteiger partial charge is 0.494 e. The van der Waals surface area contributed by atoms with Crippen LogP contribution in [0.4, 0.5) is 5.13 Å². The number of benzene rings is 3. The SMILES string of the molecule is CCOc1ccc2nc(N(Cc3ccccc3)C(=O)CCCS(=O)(=O)c3ccc(Cl)cc3)sc2c1. The first-order chi connectivity index (χ1) is 16.9. The van der Waals surface area contributed by atoms with Crippen LogP contribution < -0.4 is 9.64 Å². The zero-order valence-corrected chi connectivity index (χ0v) is 21.6. The summed E-state index contributed by atoms with van der Waals surface area (Å²) in [5, 5.41) is 1.04. The molecule has 1 heterocycles. The van der Waals surface area contributed by atoms with E-state index in [-0.39, 0.29) is 29.4 Å². The molecule has 0 atom stereocenters. The molecular formula is C26H25ClN2O4S2. The third kappa shape index (κ3) is 6.39. The number of halogens is 1. The van der Waals surface area contributed by atoms with Crippen molar-refractivity contribution in [3.8, 4) is 5.75 Å². The Hall–Kier alpha value is -2.94. The lowest BCUT2D eigenvalue weighted by Gasteiger charge is -2.20. The van der Waals surface area contributed by atoms with Crippen molar-refractivity contribution in [1.29, 1.82) is 0 Å². The minimum Gasteiger partial charge on any atom is -0.494 e. The lowest BCUT2D eigenvalue weighted by Crippen LogP contribution is -2.30. The molecule has 4 aromatic rings. The second-order valence-electron chi connectivity index (χ2n) is 7.90. The van der Waals surface area contributed by atoms with Crippen molar-refractivity contribution in [2.24, 2.45) is 0 Å². The van der Waals surface area contributed by atoms with Crippen molar-refractivity contribution in [2.45, 2.75) is 31.2 Å². The molecule has 0 bridgehead atoms. The Morgan fingerprint density at radius 3 is 2.51 bits per heavy atom. The Bertz CT molecular complexity index is 1400. The Labute approximate surface area is 214 Å². The van der Waals surface area contributed by atoms with Crippen LogP contribution in [0.25, 0.3) is 10.2 Å². The molecule has 0 saturated carbocycles. The fourth-order valence-electron chi connectivity index (χ4n) is 3.60. The number of carbonyl (C=O) groups is 1. The number of aromatic nitrogens is 1. The van der Waals surface area contributed by atoms with Crippen molar-refractivity contribution in [2.75, 3.05) is 17.3 Å². The standard InChI is InChI=1S/C26H25ClN2O4S2/c1-2-33-21-12-15-23-24(17-21)34-26(28-23)29(18-19-7-4-3-5-8-19)25(30)9-6-16-35(31,32)22-13-10-20(27)11-14-22/h3-5,7-8,10-15,17H,2,6,9,16,18H2,1H3. The molecule has 9 heteroatoms. The van der Waals surface area contributed by atoms with E-state index in [1.54, 1.807) is 17.0 Å². The van der Waals surface area contributed by atoms with Crippen LogP contribution in [-0.4, -0.2) is 31.7 Å². The van der Waals surface area contributed by atoms with Gasteiger partial charge in [0.1, 0.15) is 5.75 Å². The molecule has 0 radical (unpaired) electrons. The lowest BCUT2D eigenvalue weighted by molar-refractivity contribution is -0.118. The number of nitrogens with zero attached hydrogens (tertiary/aromatic N) is 2. The van der Waals surface area contributed by atoms with E-state index in [2.05, 4.69) is 4.98 Å². The van der Waals surface area contributed by atoms with Gasteiger partial charge in [-0.25, -0.2) is 13.4 Å². The highest BCUT2D eigenvalue weighted by Crippen LogP contribution is 2.33. The van der Waals surface area contributed by atoms with Gasteiger partial charge in [-0.05, 0) is 61.4 Å². The zero-order valence-electron chi connectivity index (χ0n) is 19.2. The molecule has 0 aliphatic carbocycles. The Morgan fingerprint density at radius 2 is 1.80 bits per heavy atom. The van der Waals surface area contributed by atoms with Crippen LogP contribution in [-0.2, 0) is 21.2 Å². The molecule has 0 saturated heterocycles. The monoisotopic (exact) mass is 528 g/mol. The number of anilines is 1. The highest BCUT2D eigenvalue weighted by molar-refractivity contribution is 7.91. The van der Waals surface area contributed by atoms with Crippen molar-refractivity contribution in [1.82, 2.24) is 4.98 Å². The number of ether oxygens (including phenoxy) is 1. The smallest absolute Gasteiger partial charge is 0.229 e. The molecular weight excluding hydrogens is 504 g/mol. The summed E-state index contributed by atoms with van der Waals surface area (Å²) in [6, 6.07) is 21.4. The van der Waals surface area contributed by atoms with E-state index < -0.39 is 9.84 Å². The van der Waals surface area contributed by atoms with Gasteiger partial charge in [0.25, 0.3) is 0 Å². The molecule has 0 unspecified atom stereocenters. The minimum absolute atomic E-state index is 0.0831. The second-order valence-corrected chi connectivity index (χ2v) is 11.5. The highest BCUT2D eigenvalue weighted by Gasteiger charge is 2.22. The van der Waals surface area contributed by atoms with E-state index in [9.17, 15) is 13.2 Å². The molecule has 1 aromatic heterocycles. The Morgan fingerprint density at radius 1 is 1.06 bits per heavy atom. The quantitative estimate of drug-likeness (QED) is 0.247. The third-order valence-electron chi connectivity index (χ3n) is 5.35. The maximum atomic E-state index is 13.3. The van der Waals surface area contributed by atoms with Crippen LogP contribution in [0.1, 0.15) is 25.3 Å². The average Bonchev–Trinajstić information content (AvgIpc) is 3.26. The summed E-state index contributed by atoms with van der Waals surface area (Å²) < 4.78 is 31.8. The number of hydrogen-bond donors (Lipinski definition) is 0. The van der Waals surface area contributed by atoms with E-state index >= 15 is 0 Å². The van der Waals surface area contributed by atoms with Gasteiger partial charge in [0.15, 0.2) is 15.0 Å². The van der Waals surface area contributed by atoms with Gasteiger partial charge in [0.2, 0.25) is 5.91 Å². The topological polar surface area (TPSA) is 76.6 Å². The van der Waals surface area contributed by atoms with E-state index in [4.69, 9.17) is 16.3 Å². The summed E-state index contributed by atoms with van der Waals surface area (Å²) in [7, 11) is -3.51. The van der Waals surface area contributed by atoms with Gasteiger partial charge in [0.05, 0.1) is 34.0 Å². The van der Waals surface area contributed by atoms with Crippen LogP contribution >= 0.6 is 22.9 Å². The van der Waals surface area contributed by atoms with Crippen LogP contribution in [0, 0.1) is 0 Å². The van der Waals surface area contributed by atoms with E-state index in [1.807, 2.05) is 55.5 Å². The normalized spacial score (nSPS) is 11.5. The fourth-order valence-corrected chi connectivity index (χ4v) is 6.05.